The maximum Gasteiger partial charge on any atom is 0.425 e. The Morgan fingerprint density at radius 1 is 0.500 bits per heavy atom. The van der Waals surface area contributed by atoms with Crippen LogP contribution in [0.25, 0.3) is 0 Å². The molecule has 10 amide bonds. The number of amides is 10. The summed E-state index contributed by atoms with van der Waals surface area (Å²) in [7, 11) is 1.65. The van der Waals surface area contributed by atoms with Crippen LogP contribution < -0.4 is 58.3 Å². The van der Waals surface area contributed by atoms with E-state index in [1.807, 2.05) is 59.5 Å². The van der Waals surface area contributed by atoms with Crippen LogP contribution in [-0.2, 0) is 62.5 Å². The van der Waals surface area contributed by atoms with Crippen LogP contribution in [0.4, 0.5) is 71.4 Å². The summed E-state index contributed by atoms with van der Waals surface area (Å²) in [6, 6.07) is 26.5. The summed E-state index contributed by atoms with van der Waals surface area (Å²) in [6.07, 6.45) is 12.8. The highest BCUT2D eigenvalue weighted by Gasteiger charge is 2.38. The molecule has 3 aromatic carbocycles. The van der Waals surface area contributed by atoms with Crippen LogP contribution in [0.2, 0.25) is 10.3 Å². The van der Waals surface area contributed by atoms with Crippen molar-refractivity contribution in [3.63, 3.8) is 0 Å². The van der Waals surface area contributed by atoms with Crippen LogP contribution in [0, 0.1) is 23.7 Å². The molecule has 8 heterocycles. The van der Waals surface area contributed by atoms with Crippen molar-refractivity contribution in [1.29, 1.82) is 0 Å². The van der Waals surface area contributed by atoms with Gasteiger partial charge in [-0.2, -0.15) is 9.80 Å². The SMILES string of the molecule is C1CCOC1.CC(C)(C)OC(=O)N(C(=O)OC(C)(C)C)c1cc(Cl)ncn1.CC(C)(C)OC(=O)N(C(=O)OC(C)(C)C)c1cc(NC(=O)C2CC2)ncn1.COc1ccc(CN2Cc3cc(Br)ccc3C2=O)cc1.NC(=O)C1CC1.Nc1cc(Cl)ncn1.Nc1cc(NC(=O)C2CC2)ncn1.O=C1NCc2cc(Nc3cc(NC(=O)C4CC4)ncn3)ccc21. The highest BCUT2D eigenvalue weighted by Crippen LogP contribution is 2.35. The first-order valence-corrected chi connectivity index (χ1v) is 41.1. The standard InChI is InChI=1S/C18H26N4O5.C16H14BrNO2.C16H15N5O2.C14H20ClN3O4.C8H10N4O.C4H4ClN3.C4H7NO.C4H8O/c1-17(2,3)26-15(24)22(16(25)27-18(4,5)6)13-9-12(19-10-20-13)21-14(23)11-7-8-11;1-20-14-5-2-11(3-6-14)9-18-10-12-8-13(17)4-7-15(12)16(18)19;22-15(9-1-2-9)21-14-6-13(18-8-19-14)20-11-3-4-12-10(5-11)7-17-16(12)23;1-13(2,3)21-11(19)18(12(20)22-14(4,5)6)10-7-9(15)16-8-17-10;9-6-3-7(11-4-10-6)12-8(13)5-1-2-5;5-3-1-4(6)8-2-7-3;5-4(6)3-1-2-3;1-2-4-5-3-1/h9-11H,7-8H2,1-6H3,(H,19,20,21,23);2-8H,9-10H2,1H3;3-6,8-9H,1-2,7H2,(H,17,23)(H2,18,19,20,21,22);7-8H,1-6H3;3-5H,1-2H2,(H3,9,10,11,12,13);1-2H,(H2,6,7,8);3H,1-2H2,(H2,5,6);1-4H2. The molecule has 0 radical (unpaired) electrons. The third kappa shape index (κ3) is 34.5. The molecule has 0 unspecified atom stereocenters. The summed E-state index contributed by atoms with van der Waals surface area (Å²) in [5.41, 5.74) is 17.8. The third-order valence-electron chi connectivity index (χ3n) is 17.0. The predicted octanol–water partition coefficient (Wildman–Crippen LogP) is 14.5. The molecule has 40 heteroatoms. The molecule has 11 N–H and O–H groups in total. The van der Waals surface area contributed by atoms with E-state index in [4.69, 9.17) is 68.8 Å². The zero-order valence-corrected chi connectivity index (χ0v) is 74.3. The van der Waals surface area contributed by atoms with Gasteiger partial charge in [-0.1, -0.05) is 51.3 Å². The summed E-state index contributed by atoms with van der Waals surface area (Å²) < 4.78 is 32.1. The van der Waals surface area contributed by atoms with E-state index in [0.717, 1.165) is 115 Å². The van der Waals surface area contributed by atoms with Gasteiger partial charge in [0.05, 0.1) is 7.11 Å². The number of imide groups is 2. The summed E-state index contributed by atoms with van der Waals surface area (Å²) in [5, 5.41) is 14.5. The lowest BCUT2D eigenvalue weighted by Crippen LogP contribution is -2.44. The zero-order valence-electron chi connectivity index (χ0n) is 71.2. The molecule has 37 nitrogen and oxygen atoms in total. The molecule has 4 saturated carbocycles. The lowest BCUT2D eigenvalue weighted by molar-refractivity contribution is -0.119. The van der Waals surface area contributed by atoms with Gasteiger partial charge in [-0.3, -0.25) is 28.8 Å². The quantitative estimate of drug-likeness (QED) is 0.0370. The van der Waals surface area contributed by atoms with Gasteiger partial charge in [-0.05, 0) is 213 Å². The third-order valence-corrected chi connectivity index (χ3v) is 17.9. The molecule has 0 bridgehead atoms. The van der Waals surface area contributed by atoms with Crippen LogP contribution in [-0.4, -0.2) is 157 Å². The van der Waals surface area contributed by atoms with Gasteiger partial charge >= 0.3 is 24.4 Å². The smallest absolute Gasteiger partial charge is 0.425 e. The molecule has 8 aromatic rings. The predicted molar refractivity (Wildman–Crippen MR) is 467 cm³/mol. The Morgan fingerprint density at radius 2 is 0.919 bits per heavy atom. The monoisotopic (exact) mass is 1810 g/mol. The van der Waals surface area contributed by atoms with Crippen molar-refractivity contribution in [3.8, 4) is 5.75 Å². The van der Waals surface area contributed by atoms with E-state index in [1.54, 1.807) is 108 Å². The number of hydrogen-bond donors (Lipinski definition) is 8. The summed E-state index contributed by atoms with van der Waals surface area (Å²) in [5.74, 6) is 3.58. The zero-order chi connectivity index (χ0) is 90.8. The van der Waals surface area contributed by atoms with E-state index in [1.165, 1.54) is 50.0 Å². The number of aromatic nitrogens is 10. The Balaban J connectivity index is 0.000000184. The van der Waals surface area contributed by atoms with E-state index in [2.05, 4.69) is 92.4 Å². The van der Waals surface area contributed by atoms with Crippen molar-refractivity contribution in [1.82, 2.24) is 60.1 Å². The number of carbonyl (C=O) groups excluding carboxylic acids is 10. The lowest BCUT2D eigenvalue weighted by atomic mass is 10.1. The van der Waals surface area contributed by atoms with Crippen molar-refractivity contribution in [2.75, 3.05) is 62.9 Å². The van der Waals surface area contributed by atoms with Gasteiger partial charge in [0, 0.05) is 108 Å². The minimum atomic E-state index is -0.935. The molecule has 7 aliphatic rings. The number of nitrogen functional groups attached to an aromatic ring is 2. The second kappa shape index (κ2) is 44.6. The number of nitrogens with two attached hydrogens (primary N) is 3. The van der Waals surface area contributed by atoms with Crippen LogP contribution in [0.15, 0.2) is 127 Å². The number of carbonyl (C=O) groups is 10. The van der Waals surface area contributed by atoms with E-state index in [0.29, 0.717) is 69.2 Å². The Morgan fingerprint density at radius 3 is 1.33 bits per heavy atom. The van der Waals surface area contributed by atoms with E-state index in [9.17, 15) is 47.9 Å². The van der Waals surface area contributed by atoms with Gasteiger partial charge < -0.3 is 77.1 Å². The molecule has 124 heavy (non-hydrogen) atoms. The van der Waals surface area contributed by atoms with Crippen LogP contribution in [0.3, 0.4) is 0 Å². The number of methoxy groups -OCH3 is 1. The van der Waals surface area contributed by atoms with Crippen LogP contribution in [0.1, 0.15) is 185 Å². The number of anilines is 9. The number of benzene rings is 3. The number of primary amides is 1. The molecule has 4 aliphatic carbocycles. The fourth-order valence-electron chi connectivity index (χ4n) is 10.5. The molecule has 5 fully saturated rings. The first-order valence-electron chi connectivity index (χ1n) is 39.6. The average molecular weight is 1810 g/mol. The highest BCUT2D eigenvalue weighted by atomic mass is 79.9. The minimum Gasteiger partial charge on any atom is -0.497 e. The Kier molecular flexibility index (Phi) is 34.9. The number of halogens is 3. The number of nitrogens with zero attached hydrogens (tertiary/aromatic N) is 13. The van der Waals surface area contributed by atoms with Crippen molar-refractivity contribution >= 4 is 151 Å². The number of nitrogens with one attached hydrogen (secondary N) is 5. The summed E-state index contributed by atoms with van der Waals surface area (Å²) in [6.45, 7) is 24.0. The normalized spacial score (nSPS) is 14.5. The van der Waals surface area contributed by atoms with Crippen molar-refractivity contribution in [3.05, 3.63) is 165 Å². The fourth-order valence-corrected chi connectivity index (χ4v) is 11.2. The van der Waals surface area contributed by atoms with E-state index < -0.39 is 46.8 Å². The molecular formula is C84H104BrCl2N21O16. The van der Waals surface area contributed by atoms with Crippen LogP contribution >= 0.6 is 39.1 Å². The molecule has 5 aromatic heterocycles. The number of fused-ring (bicyclic) bond motifs is 2. The largest absolute Gasteiger partial charge is 0.497 e. The maximum absolute atomic E-state index is 12.6. The highest BCUT2D eigenvalue weighted by molar-refractivity contribution is 9.10. The fraction of sp³-hybridized carbons (Fsp3) is 0.429. The van der Waals surface area contributed by atoms with Crippen molar-refractivity contribution in [2.24, 2.45) is 29.4 Å². The number of ether oxygens (including phenoxy) is 6. The van der Waals surface area contributed by atoms with E-state index in [-0.39, 0.29) is 81.7 Å². The van der Waals surface area contributed by atoms with Gasteiger partial charge in [-0.25, -0.2) is 69.0 Å². The molecular weight excluding hydrogens is 1710 g/mol. The van der Waals surface area contributed by atoms with Gasteiger partial charge in [0.2, 0.25) is 23.6 Å². The second-order valence-corrected chi connectivity index (χ2v) is 34.4. The molecule has 15 rings (SSSR count). The van der Waals surface area contributed by atoms with Crippen LogP contribution in [0.5, 0.6) is 5.75 Å². The molecule has 3 aliphatic heterocycles. The molecule has 1 saturated heterocycles. The van der Waals surface area contributed by atoms with E-state index >= 15 is 0 Å². The average Bonchev–Trinajstić information content (AvgIpc) is 1.54. The Hall–Kier alpha value is -12.4. The Labute approximate surface area is 736 Å². The summed E-state index contributed by atoms with van der Waals surface area (Å²) in [4.78, 5) is 160. The van der Waals surface area contributed by atoms with Gasteiger partial charge in [-0.15, -0.1) is 0 Å². The number of hydrogen-bond acceptors (Lipinski definition) is 29. The topological polar surface area (TPSA) is 503 Å². The van der Waals surface area contributed by atoms with Gasteiger partial charge in [0.25, 0.3) is 11.8 Å². The van der Waals surface area contributed by atoms with Gasteiger partial charge in [0.1, 0.15) is 105 Å². The molecule has 662 valence electrons. The Bertz CT molecular complexity index is 4990. The first-order chi connectivity index (χ1) is 58.4. The van der Waals surface area contributed by atoms with Crippen molar-refractivity contribution in [2.45, 2.75) is 189 Å². The molecule has 0 spiro atoms. The minimum absolute atomic E-state index is 0.0109. The molecule has 0 atom stereocenters. The lowest BCUT2D eigenvalue weighted by Gasteiger charge is -2.28. The number of rotatable bonds is 14. The summed E-state index contributed by atoms with van der Waals surface area (Å²) >= 11 is 14.6. The van der Waals surface area contributed by atoms with Crippen molar-refractivity contribution < 1.29 is 76.4 Å². The first kappa shape index (κ1) is 97.0. The van der Waals surface area contributed by atoms with Gasteiger partial charge in [0.15, 0.2) is 11.6 Å². The second-order valence-electron chi connectivity index (χ2n) is 32.7. The maximum atomic E-state index is 12.6.